The van der Waals surface area contributed by atoms with Crippen LogP contribution in [0, 0.1) is 5.82 Å². The molecule has 0 unspecified atom stereocenters. The number of nitrogens with one attached hydrogen (secondary N) is 2. The van der Waals surface area contributed by atoms with Crippen molar-refractivity contribution in [1.29, 1.82) is 0 Å². The molecule has 0 radical (unpaired) electrons. The van der Waals surface area contributed by atoms with Crippen LogP contribution in [0.1, 0.15) is 23.0 Å². The number of carbonyl (C=O) groups is 2. The summed E-state index contributed by atoms with van der Waals surface area (Å²) in [6.07, 6.45) is 0. The lowest BCUT2D eigenvalue weighted by Crippen LogP contribution is -2.14. The van der Waals surface area contributed by atoms with Gasteiger partial charge in [0.1, 0.15) is 11.6 Å². The number of hydrogen-bond acceptors (Lipinski definition) is 6. The molecule has 0 saturated heterocycles. The maximum atomic E-state index is 13.1. The fraction of sp³-hybridized carbons (Fsp3) is 0.160. The van der Waals surface area contributed by atoms with E-state index in [2.05, 4.69) is 15.6 Å². The van der Waals surface area contributed by atoms with E-state index in [1.807, 2.05) is 48.7 Å². The maximum absolute atomic E-state index is 13.1. The van der Waals surface area contributed by atoms with Gasteiger partial charge in [0.15, 0.2) is 5.13 Å². The van der Waals surface area contributed by atoms with Crippen LogP contribution in [0.3, 0.4) is 0 Å². The van der Waals surface area contributed by atoms with Crippen LogP contribution in [0.5, 0.6) is 5.75 Å². The molecule has 0 saturated carbocycles. The first-order valence-corrected chi connectivity index (χ1v) is 12.6. The minimum absolute atomic E-state index is 0.181. The van der Waals surface area contributed by atoms with Gasteiger partial charge in [-0.1, -0.05) is 30.3 Å². The van der Waals surface area contributed by atoms with E-state index in [9.17, 15) is 14.0 Å². The summed E-state index contributed by atoms with van der Waals surface area (Å²) in [6.45, 7) is 2.33. The van der Waals surface area contributed by atoms with Crippen molar-refractivity contribution < 1.29 is 18.7 Å². The van der Waals surface area contributed by atoms with Gasteiger partial charge in [-0.15, -0.1) is 23.1 Å². The molecule has 34 heavy (non-hydrogen) atoms. The van der Waals surface area contributed by atoms with Crippen LogP contribution in [0.4, 0.5) is 15.2 Å². The van der Waals surface area contributed by atoms with Crippen molar-refractivity contribution in [1.82, 2.24) is 4.98 Å². The van der Waals surface area contributed by atoms with Gasteiger partial charge in [-0.25, -0.2) is 9.37 Å². The van der Waals surface area contributed by atoms with E-state index in [0.717, 1.165) is 16.5 Å². The second-order valence-corrected chi connectivity index (χ2v) is 9.08. The van der Waals surface area contributed by atoms with Gasteiger partial charge >= 0.3 is 0 Å². The third-order valence-corrected chi connectivity index (χ3v) is 6.57. The topological polar surface area (TPSA) is 80.3 Å². The van der Waals surface area contributed by atoms with Gasteiger partial charge in [0.2, 0.25) is 5.91 Å². The smallest absolute Gasteiger partial charge is 0.261 e. The first-order chi connectivity index (χ1) is 16.5. The van der Waals surface area contributed by atoms with E-state index in [0.29, 0.717) is 34.5 Å². The molecule has 1 heterocycles. The molecule has 4 aromatic rings. The molecule has 0 fully saturated rings. The summed E-state index contributed by atoms with van der Waals surface area (Å²) in [5.41, 5.74) is 1.79. The molecular weight excluding hydrogens is 473 g/mol. The van der Waals surface area contributed by atoms with Gasteiger partial charge < -0.3 is 10.1 Å². The summed E-state index contributed by atoms with van der Waals surface area (Å²) in [5, 5.41) is 9.69. The third-order valence-electron chi connectivity index (χ3n) is 4.80. The van der Waals surface area contributed by atoms with Crippen molar-refractivity contribution in [3.63, 3.8) is 0 Å². The van der Waals surface area contributed by atoms with Crippen LogP contribution in [-0.2, 0) is 10.5 Å². The van der Waals surface area contributed by atoms with E-state index in [1.165, 1.54) is 47.4 Å². The highest BCUT2D eigenvalue weighted by Gasteiger charge is 2.18. The molecule has 2 N–H and O–H groups in total. The number of benzene rings is 3. The fourth-order valence-corrected chi connectivity index (χ4v) is 4.86. The molecule has 0 aliphatic rings. The van der Waals surface area contributed by atoms with E-state index >= 15 is 0 Å². The Morgan fingerprint density at radius 1 is 1.06 bits per heavy atom. The number of thioether (sulfide) groups is 1. The summed E-state index contributed by atoms with van der Waals surface area (Å²) in [6, 6.07) is 17.0. The Morgan fingerprint density at radius 2 is 1.85 bits per heavy atom. The number of amides is 2. The average molecular weight is 496 g/mol. The molecule has 1 aromatic heterocycles. The summed E-state index contributed by atoms with van der Waals surface area (Å²) < 4.78 is 18.7. The monoisotopic (exact) mass is 495 g/mol. The Bertz CT molecular complexity index is 1310. The average Bonchev–Trinajstić information content (AvgIpc) is 3.27. The van der Waals surface area contributed by atoms with E-state index < -0.39 is 0 Å². The van der Waals surface area contributed by atoms with Crippen molar-refractivity contribution >= 4 is 56.5 Å². The highest BCUT2D eigenvalue weighted by Crippen LogP contribution is 2.30. The fourth-order valence-electron chi connectivity index (χ4n) is 3.33. The van der Waals surface area contributed by atoms with Crippen LogP contribution in [-0.4, -0.2) is 29.2 Å². The molecule has 0 bridgehead atoms. The summed E-state index contributed by atoms with van der Waals surface area (Å²) in [7, 11) is 0. The molecule has 174 valence electrons. The largest absolute Gasteiger partial charge is 0.493 e. The minimum Gasteiger partial charge on any atom is -0.493 e. The molecule has 6 nitrogen and oxygen atoms in total. The van der Waals surface area contributed by atoms with Crippen molar-refractivity contribution in [2.75, 3.05) is 23.0 Å². The zero-order chi connectivity index (χ0) is 23.9. The van der Waals surface area contributed by atoms with Crippen LogP contribution < -0.4 is 15.4 Å². The predicted octanol–water partition coefficient (Wildman–Crippen LogP) is 5.96. The number of hydrogen-bond donors (Lipinski definition) is 2. The van der Waals surface area contributed by atoms with Crippen LogP contribution in [0.25, 0.3) is 10.8 Å². The van der Waals surface area contributed by atoms with Crippen LogP contribution in [0.2, 0.25) is 0 Å². The predicted molar refractivity (Wildman–Crippen MR) is 136 cm³/mol. The third kappa shape index (κ3) is 5.92. The molecule has 2 amide bonds. The molecule has 0 spiro atoms. The normalized spacial score (nSPS) is 10.8. The standard InChI is InChI=1S/C25H22FN3O3S2/c1-2-32-21-12-7-16-5-3-4-6-20(16)23(21)24(31)29-25-28-19(14-34-25)13-33-15-22(30)27-18-10-8-17(26)9-11-18/h3-12,14H,2,13,15H2,1H3,(H,27,30)(H,28,29,31). The number of thiazole rings is 1. The van der Waals surface area contributed by atoms with Gasteiger partial charge in [0, 0.05) is 16.8 Å². The molecule has 9 heteroatoms. The number of aromatic nitrogens is 1. The summed E-state index contributed by atoms with van der Waals surface area (Å²) in [5.74, 6) is 0.449. The van der Waals surface area contributed by atoms with Gasteiger partial charge in [-0.05, 0) is 48.0 Å². The molecule has 3 aromatic carbocycles. The number of rotatable bonds is 9. The van der Waals surface area contributed by atoms with E-state index in [4.69, 9.17) is 4.74 Å². The first-order valence-electron chi connectivity index (χ1n) is 10.6. The highest BCUT2D eigenvalue weighted by atomic mass is 32.2. The van der Waals surface area contributed by atoms with Gasteiger partial charge in [-0.3, -0.25) is 14.9 Å². The van der Waals surface area contributed by atoms with Crippen LogP contribution in [0.15, 0.2) is 66.0 Å². The lowest BCUT2D eigenvalue weighted by atomic mass is 10.0. The van der Waals surface area contributed by atoms with Gasteiger partial charge in [-0.2, -0.15) is 0 Å². The molecule has 4 rings (SSSR count). The van der Waals surface area contributed by atoms with Gasteiger partial charge in [0.25, 0.3) is 5.91 Å². The number of nitrogens with zero attached hydrogens (tertiary/aromatic N) is 1. The Kier molecular flexibility index (Phi) is 7.76. The van der Waals surface area contributed by atoms with E-state index in [-0.39, 0.29) is 23.4 Å². The lowest BCUT2D eigenvalue weighted by molar-refractivity contribution is -0.113. The Morgan fingerprint density at radius 3 is 2.65 bits per heavy atom. The maximum Gasteiger partial charge on any atom is 0.261 e. The highest BCUT2D eigenvalue weighted by molar-refractivity contribution is 7.99. The Labute approximate surface area is 204 Å². The Balaban J connectivity index is 1.36. The molecule has 0 aliphatic heterocycles. The zero-order valence-electron chi connectivity index (χ0n) is 18.3. The van der Waals surface area contributed by atoms with Crippen LogP contribution >= 0.6 is 23.1 Å². The number of anilines is 2. The van der Waals surface area contributed by atoms with Crippen molar-refractivity contribution in [3.05, 3.63) is 83.1 Å². The van der Waals surface area contributed by atoms with Crippen molar-refractivity contribution in [2.24, 2.45) is 0 Å². The number of ether oxygens (including phenoxy) is 1. The number of fused-ring (bicyclic) bond motifs is 1. The second-order valence-electron chi connectivity index (χ2n) is 7.24. The van der Waals surface area contributed by atoms with Crippen molar-refractivity contribution in [2.45, 2.75) is 12.7 Å². The van der Waals surface area contributed by atoms with E-state index in [1.54, 1.807) is 0 Å². The van der Waals surface area contributed by atoms with Gasteiger partial charge in [0.05, 0.1) is 23.6 Å². The molecule has 0 aliphatic carbocycles. The van der Waals surface area contributed by atoms with Crippen molar-refractivity contribution in [3.8, 4) is 5.75 Å². The second kappa shape index (κ2) is 11.1. The molecular formula is C25H22FN3O3S2. The molecule has 0 atom stereocenters. The summed E-state index contributed by atoms with van der Waals surface area (Å²) in [4.78, 5) is 29.7. The zero-order valence-corrected chi connectivity index (χ0v) is 20.0. The lowest BCUT2D eigenvalue weighted by Gasteiger charge is -2.12. The Hall–Kier alpha value is -3.43. The quantitative estimate of drug-likeness (QED) is 0.300. The summed E-state index contributed by atoms with van der Waals surface area (Å²) >= 11 is 2.73. The number of carbonyl (C=O) groups excluding carboxylic acids is 2. The SMILES string of the molecule is CCOc1ccc2ccccc2c1C(=O)Nc1nc(CSCC(=O)Nc2ccc(F)cc2)cs1. The first kappa shape index (κ1) is 23.7. The minimum atomic E-state index is -0.353. The number of halogens is 1.